The molecule has 4 nitrogen and oxygen atoms in total. The number of carbonyl (C=O) groups is 1. The Kier molecular flexibility index (Phi) is 3.99. The highest BCUT2D eigenvalue weighted by molar-refractivity contribution is 9.10. The zero-order chi connectivity index (χ0) is 16.8. The monoisotopic (exact) mass is 388 g/mol. The van der Waals surface area contributed by atoms with E-state index >= 15 is 0 Å². The van der Waals surface area contributed by atoms with Gasteiger partial charge in [0.25, 0.3) is 5.91 Å². The molecule has 2 aliphatic rings. The van der Waals surface area contributed by atoms with Crippen LogP contribution in [0, 0.1) is 0 Å². The number of aromatic nitrogens is 1. The number of pyridine rings is 1. The Morgan fingerprint density at radius 3 is 2.75 bits per heavy atom. The van der Waals surface area contributed by atoms with Gasteiger partial charge in [0.1, 0.15) is 5.56 Å². The maximum atomic E-state index is 12.9. The number of hydrogen-bond acceptors (Lipinski definition) is 2. The molecular weight excluding hydrogens is 368 g/mol. The first-order valence-electron chi connectivity index (χ1n) is 8.72. The zero-order valence-electron chi connectivity index (χ0n) is 13.8. The third-order valence-electron chi connectivity index (χ3n) is 5.34. The Hall–Kier alpha value is -1.62. The number of halogens is 1. The van der Waals surface area contributed by atoms with Crippen molar-refractivity contribution in [2.75, 3.05) is 0 Å². The van der Waals surface area contributed by atoms with Gasteiger partial charge in [-0.2, -0.15) is 0 Å². The Labute approximate surface area is 149 Å². The number of hydrogen-bond donors (Lipinski definition) is 1. The molecule has 1 aromatic heterocycles. The summed E-state index contributed by atoms with van der Waals surface area (Å²) in [5, 5.41) is 3.71. The molecule has 1 fully saturated rings. The van der Waals surface area contributed by atoms with E-state index in [1.807, 2.05) is 6.07 Å². The maximum absolute atomic E-state index is 12.9. The van der Waals surface area contributed by atoms with Gasteiger partial charge < -0.3 is 9.88 Å². The normalized spacial score (nSPS) is 20.5. The zero-order valence-corrected chi connectivity index (χ0v) is 15.4. The summed E-state index contributed by atoms with van der Waals surface area (Å²) < 4.78 is 2.99. The van der Waals surface area contributed by atoms with Crippen molar-refractivity contribution in [2.45, 2.75) is 57.5 Å². The Bertz CT molecular complexity index is 881. The molecule has 0 spiro atoms. The van der Waals surface area contributed by atoms with E-state index in [1.165, 1.54) is 12.0 Å². The van der Waals surface area contributed by atoms with Gasteiger partial charge in [-0.1, -0.05) is 35.2 Å². The van der Waals surface area contributed by atoms with Gasteiger partial charge in [-0.3, -0.25) is 9.59 Å². The van der Waals surface area contributed by atoms with Crippen molar-refractivity contribution in [1.82, 2.24) is 9.88 Å². The van der Waals surface area contributed by atoms with Crippen molar-refractivity contribution in [3.63, 3.8) is 0 Å². The average Bonchev–Trinajstić information content (AvgIpc) is 2.87. The van der Waals surface area contributed by atoms with Crippen LogP contribution in [0.4, 0.5) is 0 Å². The van der Waals surface area contributed by atoms with Crippen LogP contribution in [0.2, 0.25) is 0 Å². The van der Waals surface area contributed by atoms with Crippen molar-refractivity contribution in [3.8, 4) is 0 Å². The van der Waals surface area contributed by atoms with E-state index in [1.54, 1.807) is 6.20 Å². The molecule has 1 atom stereocenters. The molecule has 1 aliphatic heterocycles. The standard InChI is InChI=1S/C19H21BrN2O2/c1-11-7-12-8-13(20)9-15-17(12)22(11)10-16(18(15)23)19(24)21-14-5-3-2-4-6-14/h8-11,14H,2-7H2,1H3,(H,21,24)/t11-/m1/s1. The maximum Gasteiger partial charge on any atom is 0.256 e. The topological polar surface area (TPSA) is 51.1 Å². The summed E-state index contributed by atoms with van der Waals surface area (Å²) in [4.78, 5) is 25.6. The van der Waals surface area contributed by atoms with Gasteiger partial charge in [0.2, 0.25) is 5.43 Å². The van der Waals surface area contributed by atoms with E-state index in [0.717, 1.165) is 42.1 Å². The molecule has 1 aromatic carbocycles. The van der Waals surface area contributed by atoms with Crippen LogP contribution in [0.25, 0.3) is 10.9 Å². The number of rotatable bonds is 2. The quantitative estimate of drug-likeness (QED) is 0.846. The van der Waals surface area contributed by atoms with Crippen LogP contribution in [0.3, 0.4) is 0 Å². The number of amides is 1. The minimum absolute atomic E-state index is 0.161. The fourth-order valence-corrected chi connectivity index (χ4v) is 4.64. The van der Waals surface area contributed by atoms with Crippen molar-refractivity contribution in [1.29, 1.82) is 0 Å². The molecule has 4 rings (SSSR count). The van der Waals surface area contributed by atoms with E-state index in [4.69, 9.17) is 0 Å². The predicted molar refractivity (Wildman–Crippen MR) is 98.7 cm³/mol. The third kappa shape index (κ3) is 2.59. The van der Waals surface area contributed by atoms with Crippen molar-refractivity contribution < 1.29 is 4.79 Å². The fourth-order valence-electron chi connectivity index (χ4n) is 4.13. The van der Waals surface area contributed by atoms with Gasteiger partial charge in [-0.05, 0) is 43.9 Å². The Morgan fingerprint density at radius 1 is 1.25 bits per heavy atom. The molecule has 1 saturated carbocycles. The van der Waals surface area contributed by atoms with Crippen molar-refractivity contribution in [3.05, 3.63) is 44.2 Å². The van der Waals surface area contributed by atoms with E-state index in [-0.39, 0.29) is 29.0 Å². The SMILES string of the molecule is C[C@@H]1Cc2cc(Br)cc3c(=O)c(C(=O)NC4CCCCC4)cn1c23. The van der Waals surface area contributed by atoms with Crippen LogP contribution < -0.4 is 10.7 Å². The molecule has 24 heavy (non-hydrogen) atoms. The highest BCUT2D eigenvalue weighted by Crippen LogP contribution is 2.33. The smallest absolute Gasteiger partial charge is 0.256 e. The molecule has 0 saturated heterocycles. The molecule has 2 aromatic rings. The summed E-state index contributed by atoms with van der Waals surface area (Å²) in [6.45, 7) is 2.13. The van der Waals surface area contributed by atoms with E-state index in [9.17, 15) is 9.59 Å². The summed E-state index contributed by atoms with van der Waals surface area (Å²) in [6.07, 6.45) is 8.23. The highest BCUT2D eigenvalue weighted by Gasteiger charge is 2.26. The van der Waals surface area contributed by atoms with Crippen LogP contribution in [0.1, 0.15) is 61.0 Å². The molecule has 0 radical (unpaired) electrons. The molecular formula is C19H21BrN2O2. The van der Waals surface area contributed by atoms with E-state index < -0.39 is 0 Å². The van der Waals surface area contributed by atoms with Crippen molar-refractivity contribution in [2.24, 2.45) is 0 Å². The predicted octanol–water partition coefficient (Wildman–Crippen LogP) is 3.94. The second-order valence-electron chi connectivity index (χ2n) is 7.10. The molecule has 0 bridgehead atoms. The number of nitrogens with zero attached hydrogens (tertiary/aromatic N) is 1. The highest BCUT2D eigenvalue weighted by atomic mass is 79.9. The van der Waals surface area contributed by atoms with Crippen molar-refractivity contribution >= 4 is 32.7 Å². The summed E-state index contributed by atoms with van der Waals surface area (Å²) in [5.74, 6) is -0.224. The lowest BCUT2D eigenvalue weighted by Gasteiger charge is -2.23. The van der Waals surface area contributed by atoms with Crippen LogP contribution in [0.15, 0.2) is 27.6 Å². The van der Waals surface area contributed by atoms with Gasteiger partial charge in [0.05, 0.1) is 5.52 Å². The largest absolute Gasteiger partial charge is 0.349 e. The minimum Gasteiger partial charge on any atom is -0.349 e. The van der Waals surface area contributed by atoms with Gasteiger partial charge in [0, 0.05) is 28.1 Å². The lowest BCUT2D eigenvalue weighted by molar-refractivity contribution is 0.0926. The molecule has 126 valence electrons. The Balaban J connectivity index is 1.78. The summed E-state index contributed by atoms with van der Waals surface area (Å²) >= 11 is 3.49. The molecule has 5 heteroatoms. The van der Waals surface area contributed by atoms with Crippen LogP contribution >= 0.6 is 15.9 Å². The summed E-state index contributed by atoms with van der Waals surface area (Å²) in [6, 6.07) is 4.38. The lowest BCUT2D eigenvalue weighted by Crippen LogP contribution is -2.38. The lowest BCUT2D eigenvalue weighted by atomic mass is 9.95. The second-order valence-corrected chi connectivity index (χ2v) is 8.02. The summed E-state index contributed by atoms with van der Waals surface area (Å²) in [7, 11) is 0. The molecule has 1 N–H and O–H groups in total. The van der Waals surface area contributed by atoms with Gasteiger partial charge in [0.15, 0.2) is 0 Å². The number of carbonyl (C=O) groups excluding carboxylic acids is 1. The third-order valence-corrected chi connectivity index (χ3v) is 5.80. The first kappa shape index (κ1) is 15.9. The first-order chi connectivity index (χ1) is 11.5. The van der Waals surface area contributed by atoms with Gasteiger partial charge >= 0.3 is 0 Å². The fraction of sp³-hybridized carbons (Fsp3) is 0.474. The molecule has 1 amide bonds. The minimum atomic E-state index is -0.224. The van der Waals surface area contributed by atoms with E-state index in [2.05, 4.69) is 38.8 Å². The van der Waals surface area contributed by atoms with Gasteiger partial charge in [-0.25, -0.2) is 0 Å². The summed E-state index contributed by atoms with van der Waals surface area (Å²) in [5.41, 5.74) is 2.25. The molecule has 0 unspecified atom stereocenters. The first-order valence-corrected chi connectivity index (χ1v) is 9.52. The number of benzene rings is 1. The second kappa shape index (κ2) is 6.03. The van der Waals surface area contributed by atoms with Crippen LogP contribution in [-0.4, -0.2) is 16.5 Å². The van der Waals surface area contributed by atoms with Gasteiger partial charge in [-0.15, -0.1) is 0 Å². The Morgan fingerprint density at radius 2 is 2.00 bits per heavy atom. The molecule has 1 aliphatic carbocycles. The van der Waals surface area contributed by atoms with E-state index in [0.29, 0.717) is 5.39 Å². The van der Waals surface area contributed by atoms with Crippen LogP contribution in [0.5, 0.6) is 0 Å². The van der Waals surface area contributed by atoms with Crippen LogP contribution in [-0.2, 0) is 6.42 Å². The average molecular weight is 389 g/mol. The molecule has 2 heterocycles. The number of nitrogens with one attached hydrogen (secondary N) is 1.